The third-order valence-electron chi connectivity index (χ3n) is 6.15. The van der Waals surface area contributed by atoms with Gasteiger partial charge >= 0.3 is 0 Å². The molecule has 1 atom stereocenters. The van der Waals surface area contributed by atoms with Crippen LogP contribution < -0.4 is 0 Å². The molecule has 4 rings (SSSR count). The van der Waals surface area contributed by atoms with Crippen LogP contribution in [-0.2, 0) is 21.7 Å². The van der Waals surface area contributed by atoms with Gasteiger partial charge in [-0.1, -0.05) is 48.9 Å². The van der Waals surface area contributed by atoms with Gasteiger partial charge in [-0.3, -0.25) is 4.79 Å². The third-order valence-corrected chi connectivity index (χ3v) is 8.91. The number of carbonyl (C=O) groups is 1. The molecule has 0 unspecified atom stereocenters. The van der Waals surface area contributed by atoms with Crippen molar-refractivity contribution in [1.29, 1.82) is 0 Å². The molecule has 9 heteroatoms. The maximum atomic E-state index is 13.2. The summed E-state index contributed by atoms with van der Waals surface area (Å²) in [5, 5.41) is 9.31. The lowest BCUT2D eigenvalue weighted by Crippen LogP contribution is -2.47. The maximum absolute atomic E-state index is 13.2. The van der Waals surface area contributed by atoms with Crippen molar-refractivity contribution in [2.45, 2.75) is 56.3 Å². The summed E-state index contributed by atoms with van der Waals surface area (Å²) < 4.78 is 25.9. The monoisotopic (exact) mass is 448 g/mol. The van der Waals surface area contributed by atoms with E-state index >= 15 is 0 Å². The van der Waals surface area contributed by atoms with Gasteiger partial charge in [0, 0.05) is 24.7 Å². The first-order valence-corrected chi connectivity index (χ1v) is 13.3. The van der Waals surface area contributed by atoms with Crippen LogP contribution in [-0.4, -0.2) is 63.3 Å². The summed E-state index contributed by atoms with van der Waals surface area (Å²) in [5.74, 6) is 1.31. The second-order valence-electron chi connectivity index (χ2n) is 8.26. The number of rotatable bonds is 6. The summed E-state index contributed by atoms with van der Waals surface area (Å²) >= 11 is 1.37. The fourth-order valence-electron chi connectivity index (χ4n) is 4.58. The number of nitrogens with zero attached hydrogens (tertiary/aromatic N) is 4. The van der Waals surface area contributed by atoms with Gasteiger partial charge in [-0.2, -0.15) is 0 Å². The van der Waals surface area contributed by atoms with Crippen molar-refractivity contribution in [2.24, 2.45) is 7.05 Å². The van der Waals surface area contributed by atoms with E-state index in [9.17, 15) is 13.2 Å². The Morgan fingerprint density at radius 2 is 1.90 bits per heavy atom. The van der Waals surface area contributed by atoms with E-state index in [1.54, 1.807) is 0 Å². The molecule has 1 aromatic carbocycles. The lowest BCUT2D eigenvalue weighted by molar-refractivity contribution is -0.132. The van der Waals surface area contributed by atoms with Crippen LogP contribution in [0.1, 0.15) is 37.7 Å². The highest BCUT2D eigenvalue weighted by Crippen LogP contribution is 2.31. The van der Waals surface area contributed by atoms with Gasteiger partial charge in [0.2, 0.25) is 5.91 Å². The largest absolute Gasteiger partial charge is 0.335 e. The van der Waals surface area contributed by atoms with Crippen LogP contribution in [0.2, 0.25) is 0 Å². The molecule has 7 nitrogen and oxygen atoms in total. The molecule has 2 aromatic rings. The van der Waals surface area contributed by atoms with E-state index in [0.717, 1.165) is 42.6 Å². The van der Waals surface area contributed by atoms with E-state index < -0.39 is 9.84 Å². The van der Waals surface area contributed by atoms with Crippen molar-refractivity contribution in [3.05, 3.63) is 29.8 Å². The van der Waals surface area contributed by atoms with Crippen LogP contribution in [0, 0.1) is 6.92 Å². The van der Waals surface area contributed by atoms with E-state index in [-0.39, 0.29) is 35.2 Å². The zero-order chi connectivity index (χ0) is 21.3. The zero-order valence-corrected chi connectivity index (χ0v) is 19.1. The first-order valence-electron chi connectivity index (χ1n) is 10.5. The van der Waals surface area contributed by atoms with Gasteiger partial charge in [-0.25, -0.2) is 8.42 Å². The minimum atomic E-state index is -3.04. The molecule has 1 aliphatic carbocycles. The van der Waals surface area contributed by atoms with Crippen molar-refractivity contribution >= 4 is 27.5 Å². The standard InChI is InChI=1S/C21H28N4O3S2/c1-15-7-3-6-10-18(15)20-22-23-21(24(20)2)29-13-19(26)25(16-8-4-5-9-16)17-11-12-30(27,28)14-17/h3,6-7,10,16-17H,4-5,8-9,11-14H2,1-2H3/t17-/m0/s1. The minimum absolute atomic E-state index is 0.00874. The summed E-state index contributed by atoms with van der Waals surface area (Å²) in [7, 11) is -1.13. The summed E-state index contributed by atoms with van der Waals surface area (Å²) in [6.45, 7) is 2.04. The second-order valence-corrected chi connectivity index (χ2v) is 11.4. The SMILES string of the molecule is Cc1ccccc1-c1nnc(SCC(=O)N(C2CCCC2)[C@H]2CCS(=O)(=O)C2)n1C. The van der Waals surface area contributed by atoms with Gasteiger partial charge < -0.3 is 9.47 Å². The Kier molecular flexibility index (Phi) is 6.20. The van der Waals surface area contributed by atoms with Crippen molar-refractivity contribution in [2.75, 3.05) is 17.3 Å². The van der Waals surface area contributed by atoms with Gasteiger partial charge in [-0.05, 0) is 31.7 Å². The third kappa shape index (κ3) is 4.42. The molecule has 1 amide bonds. The number of aromatic nitrogens is 3. The Morgan fingerprint density at radius 3 is 2.57 bits per heavy atom. The number of sulfone groups is 1. The molecular weight excluding hydrogens is 420 g/mol. The van der Waals surface area contributed by atoms with Crippen molar-refractivity contribution < 1.29 is 13.2 Å². The number of benzene rings is 1. The summed E-state index contributed by atoms with van der Waals surface area (Å²) in [6, 6.07) is 8.00. The van der Waals surface area contributed by atoms with Crippen LogP contribution in [0.25, 0.3) is 11.4 Å². The van der Waals surface area contributed by atoms with E-state index in [0.29, 0.717) is 11.6 Å². The molecular formula is C21H28N4O3S2. The molecule has 30 heavy (non-hydrogen) atoms. The molecule has 1 aliphatic heterocycles. The number of carbonyl (C=O) groups excluding carboxylic acids is 1. The highest BCUT2D eigenvalue weighted by molar-refractivity contribution is 7.99. The fraction of sp³-hybridized carbons (Fsp3) is 0.571. The maximum Gasteiger partial charge on any atom is 0.233 e. The first-order chi connectivity index (χ1) is 14.4. The average Bonchev–Trinajstić information content (AvgIpc) is 3.43. The molecule has 0 spiro atoms. The Morgan fingerprint density at radius 1 is 1.17 bits per heavy atom. The average molecular weight is 449 g/mol. The number of hydrogen-bond acceptors (Lipinski definition) is 6. The Labute approximate surface area is 182 Å². The van der Waals surface area contributed by atoms with Crippen LogP contribution in [0.5, 0.6) is 0 Å². The molecule has 2 heterocycles. The second kappa shape index (κ2) is 8.70. The lowest BCUT2D eigenvalue weighted by atomic mass is 10.1. The summed E-state index contributed by atoms with van der Waals surface area (Å²) in [6.07, 6.45) is 4.69. The number of aryl methyl sites for hydroxylation is 1. The van der Waals surface area contributed by atoms with Gasteiger partial charge in [0.05, 0.1) is 17.3 Å². The van der Waals surface area contributed by atoms with Gasteiger partial charge in [-0.15, -0.1) is 10.2 Å². The molecule has 1 saturated carbocycles. The molecule has 0 N–H and O–H groups in total. The molecule has 2 fully saturated rings. The van der Waals surface area contributed by atoms with Crippen LogP contribution in [0.4, 0.5) is 0 Å². The van der Waals surface area contributed by atoms with E-state index in [1.165, 1.54) is 11.8 Å². The van der Waals surface area contributed by atoms with Crippen LogP contribution in [0.3, 0.4) is 0 Å². The minimum Gasteiger partial charge on any atom is -0.335 e. The highest BCUT2D eigenvalue weighted by Gasteiger charge is 2.39. The van der Waals surface area contributed by atoms with E-state index in [2.05, 4.69) is 10.2 Å². The summed E-state index contributed by atoms with van der Waals surface area (Å²) in [5.41, 5.74) is 2.14. The lowest BCUT2D eigenvalue weighted by Gasteiger charge is -2.34. The number of hydrogen-bond donors (Lipinski definition) is 0. The Hall–Kier alpha value is -1.87. The molecule has 0 radical (unpaired) electrons. The fourth-order valence-corrected chi connectivity index (χ4v) is 7.07. The first kappa shape index (κ1) is 21.4. The molecule has 1 aromatic heterocycles. The van der Waals surface area contributed by atoms with E-state index in [1.807, 2.05) is 47.7 Å². The Bertz CT molecular complexity index is 1030. The van der Waals surface area contributed by atoms with Crippen molar-refractivity contribution in [1.82, 2.24) is 19.7 Å². The predicted molar refractivity (Wildman–Crippen MR) is 118 cm³/mol. The quantitative estimate of drug-likeness (QED) is 0.632. The van der Waals surface area contributed by atoms with Gasteiger partial charge in [0.25, 0.3) is 0 Å². The topological polar surface area (TPSA) is 85.2 Å². The van der Waals surface area contributed by atoms with Crippen molar-refractivity contribution in [3.8, 4) is 11.4 Å². The van der Waals surface area contributed by atoms with Crippen LogP contribution >= 0.6 is 11.8 Å². The smallest absolute Gasteiger partial charge is 0.233 e. The molecule has 2 aliphatic rings. The highest BCUT2D eigenvalue weighted by atomic mass is 32.2. The predicted octanol–water partition coefficient (Wildman–Crippen LogP) is 2.84. The molecule has 0 bridgehead atoms. The molecule has 162 valence electrons. The number of thioether (sulfide) groups is 1. The van der Waals surface area contributed by atoms with Gasteiger partial charge in [0.15, 0.2) is 20.8 Å². The van der Waals surface area contributed by atoms with Crippen molar-refractivity contribution in [3.63, 3.8) is 0 Å². The normalized spacial score (nSPS) is 21.2. The van der Waals surface area contributed by atoms with Crippen LogP contribution in [0.15, 0.2) is 29.4 Å². The summed E-state index contributed by atoms with van der Waals surface area (Å²) in [4.78, 5) is 15.1. The Balaban J connectivity index is 1.48. The van der Waals surface area contributed by atoms with E-state index in [4.69, 9.17) is 0 Å². The molecule has 1 saturated heterocycles. The number of amides is 1. The van der Waals surface area contributed by atoms with Gasteiger partial charge in [0.1, 0.15) is 0 Å². The zero-order valence-electron chi connectivity index (χ0n) is 17.5.